The number of hydrazine groups is 1. The van der Waals surface area contributed by atoms with Gasteiger partial charge in [-0.2, -0.15) is 0 Å². The Balaban J connectivity index is 2.20. The number of aromatic nitrogens is 2. The van der Waals surface area contributed by atoms with E-state index >= 15 is 0 Å². The molecule has 0 fully saturated rings. The molecular formula is C13H15BrN4. The Morgan fingerprint density at radius 2 is 2.06 bits per heavy atom. The quantitative estimate of drug-likeness (QED) is 0.672. The zero-order valence-corrected chi connectivity index (χ0v) is 11.7. The van der Waals surface area contributed by atoms with Gasteiger partial charge in [0, 0.05) is 10.7 Å². The van der Waals surface area contributed by atoms with Crippen LogP contribution in [-0.2, 0) is 6.42 Å². The predicted molar refractivity (Wildman–Crippen MR) is 74.7 cm³/mol. The number of halogens is 1. The Labute approximate surface area is 115 Å². The van der Waals surface area contributed by atoms with Gasteiger partial charge in [0.25, 0.3) is 0 Å². The van der Waals surface area contributed by atoms with Crippen molar-refractivity contribution in [2.75, 3.05) is 0 Å². The summed E-state index contributed by atoms with van der Waals surface area (Å²) in [5.41, 5.74) is 5.72. The third-order valence-electron chi connectivity index (χ3n) is 2.74. The van der Waals surface area contributed by atoms with Gasteiger partial charge in [-0.25, -0.2) is 0 Å². The first kappa shape index (κ1) is 13.1. The lowest BCUT2D eigenvalue weighted by Gasteiger charge is -2.16. The molecule has 0 saturated carbocycles. The molecule has 94 valence electrons. The van der Waals surface area contributed by atoms with E-state index < -0.39 is 0 Å². The molecule has 0 amide bonds. The zero-order chi connectivity index (χ0) is 13.0. The van der Waals surface area contributed by atoms with Crippen LogP contribution in [0.25, 0.3) is 0 Å². The van der Waals surface area contributed by atoms with Gasteiger partial charge in [0.1, 0.15) is 0 Å². The first-order valence-corrected chi connectivity index (χ1v) is 6.48. The Kier molecular flexibility index (Phi) is 4.41. The average molecular weight is 307 g/mol. The number of benzene rings is 1. The van der Waals surface area contributed by atoms with E-state index in [1.807, 2.05) is 25.1 Å². The Morgan fingerprint density at radius 1 is 1.28 bits per heavy atom. The second-order valence-corrected chi connectivity index (χ2v) is 4.95. The third kappa shape index (κ3) is 3.13. The average Bonchev–Trinajstić information content (AvgIpc) is 2.39. The van der Waals surface area contributed by atoms with Gasteiger partial charge >= 0.3 is 0 Å². The Morgan fingerprint density at radius 3 is 2.67 bits per heavy atom. The fourth-order valence-electron chi connectivity index (χ4n) is 1.72. The fraction of sp³-hybridized carbons (Fsp3) is 0.231. The lowest BCUT2D eigenvalue weighted by Crippen LogP contribution is -2.30. The molecule has 0 radical (unpaired) electrons. The van der Waals surface area contributed by atoms with Gasteiger partial charge in [0.2, 0.25) is 0 Å². The molecule has 1 aromatic heterocycles. The van der Waals surface area contributed by atoms with Crippen LogP contribution in [0.5, 0.6) is 0 Å². The van der Waals surface area contributed by atoms with Crippen molar-refractivity contribution in [3.8, 4) is 0 Å². The molecular weight excluding hydrogens is 292 g/mol. The molecule has 0 spiro atoms. The minimum absolute atomic E-state index is 0.0446. The van der Waals surface area contributed by atoms with Gasteiger partial charge < -0.3 is 0 Å². The van der Waals surface area contributed by atoms with Gasteiger partial charge in [-0.3, -0.25) is 21.2 Å². The topological polar surface area (TPSA) is 63.8 Å². The van der Waals surface area contributed by atoms with Crippen molar-refractivity contribution in [2.24, 2.45) is 5.84 Å². The van der Waals surface area contributed by atoms with E-state index in [-0.39, 0.29) is 6.04 Å². The maximum absolute atomic E-state index is 5.61. The molecule has 1 unspecified atom stereocenters. The number of aryl methyl sites for hydroxylation is 1. The minimum atomic E-state index is -0.0446. The van der Waals surface area contributed by atoms with Gasteiger partial charge in [-0.1, -0.05) is 34.1 Å². The van der Waals surface area contributed by atoms with Gasteiger partial charge in [0.15, 0.2) is 0 Å². The Bertz CT molecular complexity index is 513. The van der Waals surface area contributed by atoms with Crippen LogP contribution in [0.2, 0.25) is 0 Å². The Hall–Kier alpha value is -1.30. The molecule has 5 heteroatoms. The lowest BCUT2D eigenvalue weighted by molar-refractivity contribution is 0.535. The highest BCUT2D eigenvalue weighted by Crippen LogP contribution is 2.22. The largest absolute Gasteiger partial charge is 0.271 e. The molecule has 0 saturated heterocycles. The molecule has 2 rings (SSSR count). The standard InChI is InChI=1S/C13H15BrN4/c1-9-7-17-13(8-16-9)12(18-15)6-10-4-2-3-5-11(10)14/h2-5,7-8,12,18H,6,15H2,1H3. The second-order valence-electron chi connectivity index (χ2n) is 4.10. The predicted octanol–water partition coefficient (Wildman–Crippen LogP) is 2.29. The van der Waals surface area contributed by atoms with Crippen molar-refractivity contribution in [3.05, 3.63) is 58.1 Å². The van der Waals surface area contributed by atoms with Gasteiger partial charge in [-0.15, -0.1) is 0 Å². The molecule has 1 heterocycles. The number of hydrogen-bond acceptors (Lipinski definition) is 4. The zero-order valence-electron chi connectivity index (χ0n) is 10.1. The summed E-state index contributed by atoms with van der Waals surface area (Å²) in [4.78, 5) is 8.60. The summed E-state index contributed by atoms with van der Waals surface area (Å²) in [5, 5.41) is 0. The van der Waals surface area contributed by atoms with Crippen molar-refractivity contribution in [2.45, 2.75) is 19.4 Å². The van der Waals surface area contributed by atoms with Crippen molar-refractivity contribution < 1.29 is 0 Å². The van der Waals surface area contributed by atoms with E-state index in [1.165, 1.54) is 5.56 Å². The maximum atomic E-state index is 5.61. The molecule has 1 atom stereocenters. The molecule has 0 aliphatic rings. The molecule has 4 nitrogen and oxygen atoms in total. The van der Waals surface area contributed by atoms with Gasteiger partial charge in [0.05, 0.1) is 23.6 Å². The van der Waals surface area contributed by atoms with E-state index in [4.69, 9.17) is 5.84 Å². The first-order valence-electron chi connectivity index (χ1n) is 5.69. The number of nitrogens with two attached hydrogens (primary N) is 1. The summed E-state index contributed by atoms with van der Waals surface area (Å²) < 4.78 is 1.07. The number of nitrogens with zero attached hydrogens (tertiary/aromatic N) is 2. The van der Waals surface area contributed by atoms with E-state index in [0.717, 1.165) is 22.3 Å². The van der Waals surface area contributed by atoms with Crippen molar-refractivity contribution in [3.63, 3.8) is 0 Å². The van der Waals surface area contributed by atoms with Gasteiger partial charge in [-0.05, 0) is 25.0 Å². The second kappa shape index (κ2) is 6.04. The number of nitrogens with one attached hydrogen (secondary N) is 1. The molecule has 0 aliphatic heterocycles. The third-order valence-corrected chi connectivity index (χ3v) is 3.51. The molecule has 2 aromatic rings. The molecule has 18 heavy (non-hydrogen) atoms. The molecule has 0 aliphatic carbocycles. The maximum Gasteiger partial charge on any atom is 0.0773 e. The minimum Gasteiger partial charge on any atom is -0.271 e. The van der Waals surface area contributed by atoms with Crippen LogP contribution in [0.1, 0.15) is 23.0 Å². The van der Waals surface area contributed by atoms with E-state index in [1.54, 1.807) is 12.4 Å². The smallest absolute Gasteiger partial charge is 0.0773 e. The summed E-state index contributed by atoms with van der Waals surface area (Å²) in [6.45, 7) is 1.91. The summed E-state index contributed by atoms with van der Waals surface area (Å²) in [6, 6.07) is 8.04. The monoisotopic (exact) mass is 306 g/mol. The van der Waals surface area contributed by atoms with Crippen LogP contribution in [0.3, 0.4) is 0 Å². The van der Waals surface area contributed by atoms with Crippen LogP contribution in [0.15, 0.2) is 41.1 Å². The summed E-state index contributed by atoms with van der Waals surface area (Å²) in [7, 11) is 0. The number of rotatable bonds is 4. The van der Waals surface area contributed by atoms with Crippen molar-refractivity contribution in [1.29, 1.82) is 0 Å². The fourth-order valence-corrected chi connectivity index (χ4v) is 2.16. The highest BCUT2D eigenvalue weighted by molar-refractivity contribution is 9.10. The van der Waals surface area contributed by atoms with Crippen molar-refractivity contribution in [1.82, 2.24) is 15.4 Å². The van der Waals surface area contributed by atoms with E-state index in [2.05, 4.69) is 37.4 Å². The highest BCUT2D eigenvalue weighted by atomic mass is 79.9. The summed E-state index contributed by atoms with van der Waals surface area (Å²) >= 11 is 3.53. The van der Waals surface area contributed by atoms with Crippen LogP contribution in [0.4, 0.5) is 0 Å². The molecule has 3 N–H and O–H groups in total. The molecule has 0 bridgehead atoms. The van der Waals surface area contributed by atoms with Crippen LogP contribution in [-0.4, -0.2) is 9.97 Å². The number of hydrogen-bond donors (Lipinski definition) is 2. The summed E-state index contributed by atoms with van der Waals surface area (Å²) in [6.07, 6.45) is 4.27. The highest BCUT2D eigenvalue weighted by Gasteiger charge is 2.13. The van der Waals surface area contributed by atoms with Crippen LogP contribution >= 0.6 is 15.9 Å². The van der Waals surface area contributed by atoms with E-state index in [9.17, 15) is 0 Å². The SMILES string of the molecule is Cc1cnc(C(Cc2ccccc2Br)NN)cn1. The first-order chi connectivity index (χ1) is 8.70. The normalized spacial score (nSPS) is 12.4. The van der Waals surface area contributed by atoms with Crippen LogP contribution < -0.4 is 11.3 Å². The lowest BCUT2D eigenvalue weighted by atomic mass is 10.0. The van der Waals surface area contributed by atoms with E-state index in [0.29, 0.717) is 0 Å². The van der Waals surface area contributed by atoms with Crippen molar-refractivity contribution >= 4 is 15.9 Å². The summed E-state index contributed by atoms with van der Waals surface area (Å²) in [5.74, 6) is 5.61. The molecule has 1 aromatic carbocycles. The van der Waals surface area contributed by atoms with Crippen LogP contribution in [0, 0.1) is 6.92 Å².